The molecule has 152 valence electrons. The van der Waals surface area contributed by atoms with Gasteiger partial charge in [0.25, 0.3) is 17.7 Å². The van der Waals surface area contributed by atoms with Gasteiger partial charge in [-0.2, -0.15) is 0 Å². The van der Waals surface area contributed by atoms with Crippen LogP contribution in [0.3, 0.4) is 0 Å². The van der Waals surface area contributed by atoms with Crippen LogP contribution < -0.4 is 5.32 Å². The molecule has 6 rings (SSSR count). The largest absolute Gasteiger partial charge is 0.349 e. The summed E-state index contributed by atoms with van der Waals surface area (Å²) in [6.45, 7) is 5.93. The fourth-order valence-electron chi connectivity index (χ4n) is 6.87. The molecule has 4 bridgehead atoms. The lowest BCUT2D eigenvalue weighted by Gasteiger charge is -2.59. The van der Waals surface area contributed by atoms with Gasteiger partial charge in [-0.15, -0.1) is 6.58 Å². The van der Waals surface area contributed by atoms with E-state index in [1.54, 1.807) is 18.2 Å². The summed E-state index contributed by atoms with van der Waals surface area (Å²) in [5.74, 6) is 1.67. The Bertz CT molecular complexity index is 883. The van der Waals surface area contributed by atoms with Crippen LogP contribution in [0.15, 0.2) is 30.9 Å². The Labute approximate surface area is 171 Å². The SMILES string of the molecule is C=CCN1C(=O)c2ccc(C(=O)N[C@H](C)C34CC5CC(CC(C5)C3)C4)cc2C1=O. The summed E-state index contributed by atoms with van der Waals surface area (Å²) in [4.78, 5) is 39.1. The average Bonchev–Trinajstić information content (AvgIpc) is 2.91. The molecule has 1 atom stereocenters. The van der Waals surface area contributed by atoms with Crippen LogP contribution in [0.25, 0.3) is 0 Å². The number of fused-ring (bicyclic) bond motifs is 1. The molecule has 4 fully saturated rings. The zero-order valence-electron chi connectivity index (χ0n) is 16.9. The molecule has 1 heterocycles. The number of amides is 3. The molecule has 0 aromatic heterocycles. The molecular weight excluding hydrogens is 364 g/mol. The van der Waals surface area contributed by atoms with Crippen molar-refractivity contribution in [1.29, 1.82) is 0 Å². The minimum Gasteiger partial charge on any atom is -0.349 e. The lowest BCUT2D eigenvalue weighted by Crippen LogP contribution is -2.55. The van der Waals surface area contributed by atoms with Crippen LogP contribution >= 0.6 is 0 Å². The molecule has 4 saturated carbocycles. The molecule has 5 aliphatic rings. The van der Waals surface area contributed by atoms with E-state index in [0.29, 0.717) is 16.7 Å². The van der Waals surface area contributed by atoms with Crippen LogP contribution in [-0.2, 0) is 0 Å². The molecular formula is C24H28N2O3. The number of hydrogen-bond acceptors (Lipinski definition) is 3. The summed E-state index contributed by atoms with van der Waals surface area (Å²) >= 11 is 0. The Morgan fingerprint density at radius 2 is 1.72 bits per heavy atom. The lowest BCUT2D eigenvalue weighted by molar-refractivity contribution is -0.0688. The maximum atomic E-state index is 13.0. The van der Waals surface area contributed by atoms with Gasteiger partial charge in [0.2, 0.25) is 0 Å². The first-order valence-electron chi connectivity index (χ1n) is 10.8. The van der Waals surface area contributed by atoms with Crippen LogP contribution in [0.4, 0.5) is 0 Å². The van der Waals surface area contributed by atoms with E-state index in [0.717, 1.165) is 22.7 Å². The van der Waals surface area contributed by atoms with Crippen molar-refractivity contribution in [2.24, 2.45) is 23.2 Å². The Morgan fingerprint density at radius 3 is 2.31 bits per heavy atom. The van der Waals surface area contributed by atoms with Gasteiger partial charge in [-0.3, -0.25) is 19.3 Å². The number of carbonyl (C=O) groups is 3. The molecule has 3 amide bonds. The number of benzene rings is 1. The fraction of sp³-hybridized carbons (Fsp3) is 0.542. The van der Waals surface area contributed by atoms with E-state index in [-0.39, 0.29) is 35.7 Å². The molecule has 1 aromatic rings. The first kappa shape index (κ1) is 18.6. The van der Waals surface area contributed by atoms with E-state index in [1.807, 2.05) is 0 Å². The Hall–Kier alpha value is -2.43. The third kappa shape index (κ3) is 2.85. The van der Waals surface area contributed by atoms with Crippen molar-refractivity contribution in [1.82, 2.24) is 10.2 Å². The predicted octanol–water partition coefficient (Wildman–Crippen LogP) is 3.80. The van der Waals surface area contributed by atoms with Crippen LogP contribution in [0.1, 0.15) is 76.5 Å². The van der Waals surface area contributed by atoms with E-state index in [9.17, 15) is 14.4 Å². The highest BCUT2D eigenvalue weighted by atomic mass is 16.2. The van der Waals surface area contributed by atoms with E-state index < -0.39 is 0 Å². The van der Waals surface area contributed by atoms with E-state index in [1.165, 1.54) is 44.6 Å². The molecule has 0 saturated heterocycles. The van der Waals surface area contributed by atoms with Crippen LogP contribution in [0.2, 0.25) is 0 Å². The standard InChI is InChI=1S/C24H28N2O3/c1-3-6-26-22(28)19-5-4-18(10-20(19)23(26)29)21(27)25-14(2)24-11-15-7-16(12-24)9-17(8-15)13-24/h3-5,10,14-17H,1,6-9,11-13H2,2H3,(H,25,27)/t14-,15?,16?,17?,24?/m1/s1. The minimum atomic E-state index is -0.353. The number of imide groups is 1. The van der Waals surface area contributed by atoms with Crippen molar-refractivity contribution in [2.45, 2.75) is 51.5 Å². The maximum Gasteiger partial charge on any atom is 0.261 e. The second-order valence-electron chi connectivity index (χ2n) is 9.75. The molecule has 0 unspecified atom stereocenters. The van der Waals surface area contributed by atoms with Gasteiger partial charge in [0.1, 0.15) is 0 Å². The molecule has 5 nitrogen and oxygen atoms in total. The lowest BCUT2D eigenvalue weighted by atomic mass is 9.48. The van der Waals surface area contributed by atoms with Crippen molar-refractivity contribution in [3.8, 4) is 0 Å². The summed E-state index contributed by atoms with van der Waals surface area (Å²) in [6, 6.07) is 4.94. The monoisotopic (exact) mass is 392 g/mol. The summed E-state index contributed by atoms with van der Waals surface area (Å²) in [5, 5.41) is 3.24. The third-order valence-corrected chi connectivity index (χ3v) is 7.90. The zero-order chi connectivity index (χ0) is 20.3. The van der Waals surface area contributed by atoms with Gasteiger partial charge in [-0.05, 0) is 86.8 Å². The highest BCUT2D eigenvalue weighted by molar-refractivity contribution is 6.22. The molecule has 1 aliphatic heterocycles. The van der Waals surface area contributed by atoms with Crippen molar-refractivity contribution in [3.63, 3.8) is 0 Å². The van der Waals surface area contributed by atoms with Gasteiger partial charge < -0.3 is 5.32 Å². The first-order chi connectivity index (χ1) is 13.9. The minimum absolute atomic E-state index is 0.117. The normalized spacial score (nSPS) is 33.0. The van der Waals surface area contributed by atoms with Crippen molar-refractivity contribution in [2.75, 3.05) is 6.54 Å². The highest BCUT2D eigenvalue weighted by Gasteiger charge is 2.53. The van der Waals surface area contributed by atoms with E-state index in [2.05, 4.69) is 18.8 Å². The van der Waals surface area contributed by atoms with Gasteiger partial charge in [0.05, 0.1) is 11.1 Å². The molecule has 29 heavy (non-hydrogen) atoms. The van der Waals surface area contributed by atoms with Crippen LogP contribution in [0.5, 0.6) is 0 Å². The molecule has 4 aliphatic carbocycles. The second-order valence-corrected chi connectivity index (χ2v) is 9.75. The molecule has 0 radical (unpaired) electrons. The zero-order valence-corrected chi connectivity index (χ0v) is 16.9. The quantitative estimate of drug-likeness (QED) is 0.612. The fourth-order valence-corrected chi connectivity index (χ4v) is 6.87. The van der Waals surface area contributed by atoms with Gasteiger partial charge in [0, 0.05) is 18.2 Å². The highest BCUT2D eigenvalue weighted by Crippen LogP contribution is 2.61. The molecule has 1 N–H and O–H groups in total. The van der Waals surface area contributed by atoms with E-state index in [4.69, 9.17) is 0 Å². The summed E-state index contributed by atoms with van der Waals surface area (Å²) in [6.07, 6.45) is 9.35. The first-order valence-corrected chi connectivity index (χ1v) is 10.8. The predicted molar refractivity (Wildman–Crippen MR) is 110 cm³/mol. The van der Waals surface area contributed by atoms with Crippen LogP contribution in [-0.4, -0.2) is 35.2 Å². The topological polar surface area (TPSA) is 66.5 Å². The van der Waals surface area contributed by atoms with Crippen molar-refractivity contribution in [3.05, 3.63) is 47.5 Å². The number of nitrogens with zero attached hydrogens (tertiary/aromatic N) is 1. The Balaban J connectivity index is 1.34. The summed E-state index contributed by atoms with van der Waals surface area (Å²) < 4.78 is 0. The second kappa shape index (κ2) is 6.54. The van der Waals surface area contributed by atoms with Crippen LogP contribution in [0, 0.1) is 23.2 Å². The van der Waals surface area contributed by atoms with Crippen molar-refractivity contribution >= 4 is 17.7 Å². The number of nitrogens with one attached hydrogen (secondary N) is 1. The van der Waals surface area contributed by atoms with Gasteiger partial charge in [-0.25, -0.2) is 0 Å². The average molecular weight is 392 g/mol. The number of carbonyl (C=O) groups excluding carboxylic acids is 3. The molecule has 0 spiro atoms. The number of rotatable bonds is 5. The van der Waals surface area contributed by atoms with Gasteiger partial charge in [-0.1, -0.05) is 6.08 Å². The smallest absolute Gasteiger partial charge is 0.261 e. The number of hydrogen-bond donors (Lipinski definition) is 1. The van der Waals surface area contributed by atoms with Gasteiger partial charge >= 0.3 is 0 Å². The summed E-state index contributed by atoms with van der Waals surface area (Å²) in [7, 11) is 0. The molecule has 1 aromatic carbocycles. The van der Waals surface area contributed by atoms with Gasteiger partial charge in [0.15, 0.2) is 0 Å². The Kier molecular flexibility index (Phi) is 4.19. The summed E-state index contributed by atoms with van der Waals surface area (Å²) in [5.41, 5.74) is 1.35. The Morgan fingerprint density at radius 1 is 1.14 bits per heavy atom. The van der Waals surface area contributed by atoms with Crippen molar-refractivity contribution < 1.29 is 14.4 Å². The van der Waals surface area contributed by atoms with E-state index >= 15 is 0 Å². The maximum absolute atomic E-state index is 13.0. The third-order valence-electron chi connectivity index (χ3n) is 7.90. The molecule has 5 heteroatoms.